The smallest absolute Gasteiger partial charge is 0.240 e. The fraction of sp³-hybridized carbons (Fsp3) is 0.167. The second-order valence-electron chi connectivity index (χ2n) is 5.21. The molecule has 3 rings (SSSR count). The molecule has 0 saturated heterocycles. The molecule has 1 N–H and O–H groups in total. The number of amides is 1. The van der Waals surface area contributed by atoms with Crippen molar-refractivity contribution in [3.63, 3.8) is 0 Å². The van der Waals surface area contributed by atoms with Crippen LogP contribution in [0.3, 0.4) is 0 Å². The van der Waals surface area contributed by atoms with E-state index in [4.69, 9.17) is 0 Å². The molecule has 0 radical (unpaired) electrons. The van der Waals surface area contributed by atoms with Crippen molar-refractivity contribution in [2.75, 3.05) is 0 Å². The van der Waals surface area contributed by atoms with Crippen LogP contribution in [-0.2, 0) is 17.9 Å². The minimum atomic E-state index is 0.0258. The first-order valence-electron chi connectivity index (χ1n) is 7.09. The van der Waals surface area contributed by atoms with E-state index in [1.54, 1.807) is 0 Å². The molecule has 0 bridgehead atoms. The number of benzene rings is 2. The lowest BCUT2D eigenvalue weighted by Crippen LogP contribution is -2.26. The number of nitrogens with zero attached hydrogens (tertiary/aromatic N) is 1. The molecule has 106 valence electrons. The van der Waals surface area contributed by atoms with Gasteiger partial charge in [-0.05, 0) is 30.2 Å². The Balaban J connectivity index is 1.68. The fourth-order valence-electron chi connectivity index (χ4n) is 2.52. The van der Waals surface area contributed by atoms with Gasteiger partial charge in [-0.3, -0.25) is 4.79 Å². The van der Waals surface area contributed by atoms with Crippen LogP contribution in [0.4, 0.5) is 0 Å². The topological polar surface area (TPSA) is 34.0 Å². The number of aromatic nitrogens is 1. The molecule has 0 unspecified atom stereocenters. The summed E-state index contributed by atoms with van der Waals surface area (Å²) < 4.78 is 1.99. The lowest BCUT2D eigenvalue weighted by Gasteiger charge is -2.08. The van der Waals surface area contributed by atoms with Gasteiger partial charge in [-0.25, -0.2) is 0 Å². The zero-order valence-electron chi connectivity index (χ0n) is 12.0. The number of carbonyl (C=O) groups is 1. The lowest BCUT2D eigenvalue weighted by molar-refractivity contribution is -0.121. The number of aryl methyl sites for hydroxylation is 1. The fourth-order valence-corrected chi connectivity index (χ4v) is 2.52. The molecule has 1 heterocycles. The standard InChI is InChI=1S/C18H18N2O/c1-14-6-5-9-17-16(14)10-11-20(17)13-18(21)19-12-15-7-3-2-4-8-15/h2-11H,12-13H2,1H3,(H,19,21). The Labute approximate surface area is 124 Å². The molecule has 0 atom stereocenters. The van der Waals surface area contributed by atoms with Crippen LogP contribution in [0.15, 0.2) is 60.8 Å². The molecular weight excluding hydrogens is 260 g/mol. The third-order valence-corrected chi connectivity index (χ3v) is 3.68. The van der Waals surface area contributed by atoms with E-state index in [-0.39, 0.29) is 5.91 Å². The Morgan fingerprint density at radius 2 is 1.86 bits per heavy atom. The van der Waals surface area contributed by atoms with E-state index in [0.717, 1.165) is 11.1 Å². The summed E-state index contributed by atoms with van der Waals surface area (Å²) in [5.41, 5.74) is 3.44. The summed E-state index contributed by atoms with van der Waals surface area (Å²) in [6, 6.07) is 18.2. The maximum atomic E-state index is 12.1. The van der Waals surface area contributed by atoms with Crippen LogP contribution in [-0.4, -0.2) is 10.5 Å². The summed E-state index contributed by atoms with van der Waals surface area (Å²) in [5, 5.41) is 4.16. The molecule has 0 fully saturated rings. The molecule has 0 spiro atoms. The molecule has 0 aliphatic heterocycles. The average Bonchev–Trinajstić information content (AvgIpc) is 2.91. The average molecular weight is 278 g/mol. The Hall–Kier alpha value is -2.55. The monoisotopic (exact) mass is 278 g/mol. The van der Waals surface area contributed by atoms with Crippen LogP contribution >= 0.6 is 0 Å². The maximum Gasteiger partial charge on any atom is 0.240 e. The molecule has 1 aromatic heterocycles. The zero-order chi connectivity index (χ0) is 14.7. The van der Waals surface area contributed by atoms with Crippen molar-refractivity contribution >= 4 is 16.8 Å². The Bertz CT molecular complexity index is 759. The maximum absolute atomic E-state index is 12.1. The van der Waals surface area contributed by atoms with E-state index < -0.39 is 0 Å². The van der Waals surface area contributed by atoms with Gasteiger partial charge < -0.3 is 9.88 Å². The van der Waals surface area contributed by atoms with Gasteiger partial charge in [-0.2, -0.15) is 0 Å². The first kappa shape index (κ1) is 13.4. The Kier molecular flexibility index (Phi) is 3.73. The van der Waals surface area contributed by atoms with Crippen LogP contribution in [0.5, 0.6) is 0 Å². The van der Waals surface area contributed by atoms with Gasteiger partial charge in [0.25, 0.3) is 0 Å². The molecule has 0 aliphatic carbocycles. The quantitative estimate of drug-likeness (QED) is 0.781. The van der Waals surface area contributed by atoms with Crippen molar-refractivity contribution < 1.29 is 4.79 Å². The third kappa shape index (κ3) is 2.97. The summed E-state index contributed by atoms with van der Waals surface area (Å²) in [4.78, 5) is 12.1. The lowest BCUT2D eigenvalue weighted by atomic mass is 10.1. The zero-order valence-corrected chi connectivity index (χ0v) is 12.0. The first-order valence-corrected chi connectivity index (χ1v) is 7.09. The van der Waals surface area contributed by atoms with Gasteiger partial charge in [0.05, 0.1) is 0 Å². The highest BCUT2D eigenvalue weighted by molar-refractivity contribution is 5.85. The van der Waals surface area contributed by atoms with Gasteiger partial charge in [0.1, 0.15) is 6.54 Å². The normalized spacial score (nSPS) is 10.7. The molecular formula is C18H18N2O. The van der Waals surface area contributed by atoms with Crippen molar-refractivity contribution in [1.82, 2.24) is 9.88 Å². The van der Waals surface area contributed by atoms with Crippen LogP contribution in [0.1, 0.15) is 11.1 Å². The number of rotatable bonds is 4. The highest BCUT2D eigenvalue weighted by Gasteiger charge is 2.07. The Morgan fingerprint density at radius 3 is 2.67 bits per heavy atom. The molecule has 3 aromatic rings. The van der Waals surface area contributed by atoms with Crippen molar-refractivity contribution in [1.29, 1.82) is 0 Å². The number of carbonyl (C=O) groups excluding carboxylic acids is 1. The summed E-state index contributed by atoms with van der Waals surface area (Å²) in [7, 11) is 0. The van der Waals surface area contributed by atoms with Crippen LogP contribution < -0.4 is 5.32 Å². The van der Waals surface area contributed by atoms with E-state index in [0.29, 0.717) is 13.1 Å². The summed E-state index contributed by atoms with van der Waals surface area (Å²) in [5.74, 6) is 0.0258. The van der Waals surface area contributed by atoms with Crippen molar-refractivity contribution in [2.24, 2.45) is 0 Å². The van der Waals surface area contributed by atoms with E-state index in [1.165, 1.54) is 10.9 Å². The van der Waals surface area contributed by atoms with Crippen molar-refractivity contribution in [3.8, 4) is 0 Å². The minimum absolute atomic E-state index is 0.0258. The molecule has 21 heavy (non-hydrogen) atoms. The second kappa shape index (κ2) is 5.83. The predicted molar refractivity (Wildman–Crippen MR) is 85.0 cm³/mol. The van der Waals surface area contributed by atoms with Gasteiger partial charge in [-0.15, -0.1) is 0 Å². The van der Waals surface area contributed by atoms with E-state index in [2.05, 4.69) is 24.4 Å². The summed E-state index contributed by atoms with van der Waals surface area (Å²) in [6.45, 7) is 3.00. The number of nitrogens with one attached hydrogen (secondary N) is 1. The predicted octanol–water partition coefficient (Wildman–Crippen LogP) is 3.27. The first-order chi connectivity index (χ1) is 10.2. The van der Waals surface area contributed by atoms with E-state index in [9.17, 15) is 4.79 Å². The van der Waals surface area contributed by atoms with Gasteiger partial charge in [-0.1, -0.05) is 42.5 Å². The van der Waals surface area contributed by atoms with Gasteiger partial charge in [0.2, 0.25) is 5.91 Å². The second-order valence-corrected chi connectivity index (χ2v) is 5.21. The number of fused-ring (bicyclic) bond motifs is 1. The molecule has 1 amide bonds. The molecule has 0 aliphatic rings. The number of hydrogen-bond donors (Lipinski definition) is 1. The van der Waals surface area contributed by atoms with Crippen LogP contribution in [0.2, 0.25) is 0 Å². The molecule has 0 saturated carbocycles. The SMILES string of the molecule is Cc1cccc2c1ccn2CC(=O)NCc1ccccc1. The van der Waals surface area contributed by atoms with Gasteiger partial charge in [0.15, 0.2) is 0 Å². The minimum Gasteiger partial charge on any atom is -0.350 e. The van der Waals surface area contributed by atoms with Crippen LogP contribution in [0, 0.1) is 6.92 Å². The largest absolute Gasteiger partial charge is 0.350 e. The highest BCUT2D eigenvalue weighted by Crippen LogP contribution is 2.19. The molecule has 3 nitrogen and oxygen atoms in total. The van der Waals surface area contributed by atoms with Gasteiger partial charge >= 0.3 is 0 Å². The summed E-state index contributed by atoms with van der Waals surface area (Å²) in [6.07, 6.45) is 1.97. The highest BCUT2D eigenvalue weighted by atomic mass is 16.1. The molecule has 2 aromatic carbocycles. The summed E-state index contributed by atoms with van der Waals surface area (Å²) >= 11 is 0. The third-order valence-electron chi connectivity index (χ3n) is 3.68. The van der Waals surface area contributed by atoms with E-state index in [1.807, 2.05) is 53.2 Å². The molecule has 3 heteroatoms. The van der Waals surface area contributed by atoms with Crippen molar-refractivity contribution in [3.05, 3.63) is 71.9 Å². The van der Waals surface area contributed by atoms with Crippen molar-refractivity contribution in [2.45, 2.75) is 20.0 Å². The van der Waals surface area contributed by atoms with Crippen LogP contribution in [0.25, 0.3) is 10.9 Å². The Morgan fingerprint density at radius 1 is 1.05 bits per heavy atom. The van der Waals surface area contributed by atoms with Gasteiger partial charge in [0, 0.05) is 23.6 Å². The number of hydrogen-bond acceptors (Lipinski definition) is 1. The van der Waals surface area contributed by atoms with E-state index >= 15 is 0 Å².